The number of hydrogen-bond donors (Lipinski definition) is 11. The van der Waals surface area contributed by atoms with E-state index >= 15 is 0 Å². The predicted octanol–water partition coefficient (Wildman–Crippen LogP) is 1.11. The van der Waals surface area contributed by atoms with Gasteiger partial charge in [0.15, 0.2) is 0 Å². The maximum absolute atomic E-state index is 14.8. The Hall–Kier alpha value is -8.04. The largest absolute Gasteiger partial charge is 0.382 e. The molecule has 0 radical (unpaired) electrons. The lowest BCUT2D eigenvalue weighted by atomic mass is 9.99. The zero-order chi connectivity index (χ0) is 70.1. The second-order valence-electron chi connectivity index (χ2n) is 24.9. The van der Waals surface area contributed by atoms with Gasteiger partial charge in [0.2, 0.25) is 70.9 Å². The molecule has 0 aromatic heterocycles. The molecular formula is C67H98N12O13S2. The summed E-state index contributed by atoms with van der Waals surface area (Å²) in [4.78, 5) is 176. The van der Waals surface area contributed by atoms with E-state index in [1.54, 1.807) is 91.0 Å². The fraction of sp³-hybridized carbons (Fsp3) is 0.552. The first-order valence-electron chi connectivity index (χ1n) is 31.9. The number of hydrogen-bond acceptors (Lipinski definition) is 15. The van der Waals surface area contributed by atoms with Crippen molar-refractivity contribution in [2.75, 3.05) is 46.2 Å². The Morgan fingerprint density at radius 2 is 1.02 bits per heavy atom. The van der Waals surface area contributed by atoms with Crippen molar-refractivity contribution < 1.29 is 62.6 Å². The summed E-state index contributed by atoms with van der Waals surface area (Å²) in [6.45, 7) is 13.1. The summed E-state index contributed by atoms with van der Waals surface area (Å²) < 4.78 is 0. The minimum Gasteiger partial charge on any atom is -0.382 e. The number of amides is 12. The van der Waals surface area contributed by atoms with Crippen LogP contribution in [-0.2, 0) is 76.8 Å². The van der Waals surface area contributed by atoms with E-state index < -0.39 is 143 Å². The van der Waals surface area contributed by atoms with E-state index in [2.05, 4.69) is 67.8 Å². The number of nitrogens with zero attached hydrogens (tertiary/aromatic N) is 4. The van der Waals surface area contributed by atoms with E-state index in [0.29, 0.717) is 16.7 Å². The highest BCUT2D eigenvalue weighted by Gasteiger charge is 2.40. The van der Waals surface area contributed by atoms with Crippen molar-refractivity contribution in [2.45, 2.75) is 179 Å². The SMILES string of the molecule is CC(C)C[C@@H]1NC(=O)[C@H](NC(=O)[C@H](Cc2ccccc2)NC(=O)C(O)CS)CCCCNC(=O)[C@H](CS)NC(=O)[C@H](Cc2ccccc2)NC(=O)[C@H](C)NC(=O)[C@H](C)N(C)C(=O)[C@H](Cc2ccccc2)N(C)C(=O)[C@H](C)NC(=O)[C@H](CC(C)C)N(C)C(=O)[C@H](C)N(C)C1=O. The van der Waals surface area contributed by atoms with E-state index in [-0.39, 0.29) is 81.3 Å². The van der Waals surface area contributed by atoms with Crippen molar-refractivity contribution in [3.63, 3.8) is 0 Å². The van der Waals surface area contributed by atoms with E-state index in [0.717, 1.165) is 9.80 Å². The fourth-order valence-corrected chi connectivity index (χ4v) is 11.0. The third-order valence-corrected chi connectivity index (χ3v) is 17.3. The average Bonchev–Trinajstić information content (AvgIpc) is 0.882. The summed E-state index contributed by atoms with van der Waals surface area (Å²) in [5.41, 5.74) is 1.95. The highest BCUT2D eigenvalue weighted by molar-refractivity contribution is 7.80. The van der Waals surface area contributed by atoms with Crippen LogP contribution >= 0.6 is 25.3 Å². The molecule has 3 aromatic rings. The fourth-order valence-electron chi connectivity index (χ4n) is 10.5. The standard InChI is InChI=1S/C67H98N12O13S2/c1-39(2)32-51-66(91)77(10)44(8)65(90)78(11)53(33-40(3)4)62(87)70-42(6)64(89)79(12)54(36-47-28-20-15-21-29-47)67(92)76(9)43(7)57(82)69-41(5)56(81)72-49(34-45-24-16-13-17-25-45)61(86)75-52(37-93)58(83)68-31-23-22-30-48(59(84)74-51)71-60(85)50(73-63(88)55(80)38-94)35-46-26-18-14-19-27-46/h13-21,24-29,39-44,48-55,80,93-94H,22-23,30-38H2,1-12H3,(H,68,83)(H,69,82)(H,70,87)(H,71,85)(H,72,81)(H,73,88)(H,74,84)(H,75,86)/t41-,42-,43-,44-,48+,49-,50-,51-,52-,53-,54-,55?/m0/s1. The van der Waals surface area contributed by atoms with Gasteiger partial charge in [0.25, 0.3) is 0 Å². The lowest BCUT2D eigenvalue weighted by molar-refractivity contribution is -0.150. The number of aliphatic hydroxyl groups excluding tert-OH is 1. The zero-order valence-corrected chi connectivity index (χ0v) is 57.8. The minimum atomic E-state index is -1.58. The molecule has 0 bridgehead atoms. The molecule has 1 aliphatic rings. The molecule has 3 aromatic carbocycles. The van der Waals surface area contributed by atoms with Crippen molar-refractivity contribution in [1.29, 1.82) is 0 Å². The molecule has 9 N–H and O–H groups in total. The third kappa shape index (κ3) is 23.8. The number of thiol groups is 2. The highest BCUT2D eigenvalue weighted by atomic mass is 32.1. The summed E-state index contributed by atoms with van der Waals surface area (Å²) in [6, 6.07) is 12.3. The molecule has 1 aliphatic heterocycles. The molecule has 27 heteroatoms. The molecule has 0 saturated carbocycles. The maximum Gasteiger partial charge on any atom is 0.250 e. The van der Waals surface area contributed by atoms with Crippen LogP contribution in [0.25, 0.3) is 0 Å². The molecule has 12 atom stereocenters. The van der Waals surface area contributed by atoms with Crippen molar-refractivity contribution in [3.05, 3.63) is 108 Å². The lowest BCUT2D eigenvalue weighted by Gasteiger charge is -2.36. The van der Waals surface area contributed by atoms with E-state index in [4.69, 9.17) is 0 Å². The third-order valence-electron chi connectivity index (χ3n) is 16.6. The lowest BCUT2D eigenvalue weighted by Crippen LogP contribution is -2.60. The van der Waals surface area contributed by atoms with Crippen molar-refractivity contribution in [3.8, 4) is 0 Å². The number of rotatable bonds is 16. The van der Waals surface area contributed by atoms with Gasteiger partial charge in [0.05, 0.1) is 0 Å². The van der Waals surface area contributed by atoms with Gasteiger partial charge in [-0.1, -0.05) is 119 Å². The highest BCUT2D eigenvalue weighted by Crippen LogP contribution is 2.19. The molecule has 4 rings (SSSR count). The molecule has 516 valence electrons. The van der Waals surface area contributed by atoms with Gasteiger partial charge in [-0.3, -0.25) is 57.5 Å². The van der Waals surface area contributed by atoms with Gasteiger partial charge in [-0.05, 0) is 88.3 Å². The summed E-state index contributed by atoms with van der Waals surface area (Å²) in [5, 5.41) is 32.0. The molecule has 1 fully saturated rings. The van der Waals surface area contributed by atoms with Crippen LogP contribution in [0.3, 0.4) is 0 Å². The van der Waals surface area contributed by atoms with Crippen LogP contribution in [-0.4, -0.2) is 214 Å². The first-order chi connectivity index (χ1) is 44.4. The number of carbonyl (C=O) groups excluding carboxylic acids is 12. The summed E-state index contributed by atoms with van der Waals surface area (Å²) >= 11 is 8.40. The van der Waals surface area contributed by atoms with Crippen LogP contribution in [0.2, 0.25) is 0 Å². The number of carbonyl (C=O) groups is 12. The Balaban J connectivity index is 1.79. The number of aliphatic hydroxyl groups is 1. The Morgan fingerprint density at radius 3 is 1.57 bits per heavy atom. The van der Waals surface area contributed by atoms with Gasteiger partial charge in [-0.15, -0.1) is 0 Å². The second-order valence-corrected chi connectivity index (χ2v) is 25.7. The van der Waals surface area contributed by atoms with E-state index in [1.165, 1.54) is 65.7 Å². The normalized spacial score (nSPS) is 24.6. The molecule has 1 heterocycles. The van der Waals surface area contributed by atoms with Crippen LogP contribution < -0.4 is 42.5 Å². The number of likely N-dealkylation sites (N-methyl/N-ethyl adjacent to an activating group) is 4. The van der Waals surface area contributed by atoms with Gasteiger partial charge >= 0.3 is 0 Å². The van der Waals surface area contributed by atoms with Gasteiger partial charge in [0, 0.05) is 65.5 Å². The van der Waals surface area contributed by atoms with Crippen LogP contribution in [0.4, 0.5) is 0 Å². The molecule has 0 spiro atoms. The smallest absolute Gasteiger partial charge is 0.250 e. The van der Waals surface area contributed by atoms with Gasteiger partial charge in [-0.2, -0.15) is 25.3 Å². The molecule has 0 aliphatic carbocycles. The Bertz CT molecular complexity index is 3060. The average molecular weight is 1340 g/mol. The molecule has 1 saturated heterocycles. The molecule has 1 unspecified atom stereocenters. The van der Waals surface area contributed by atoms with Crippen molar-refractivity contribution in [1.82, 2.24) is 62.1 Å². The predicted molar refractivity (Wildman–Crippen MR) is 362 cm³/mol. The summed E-state index contributed by atoms with van der Waals surface area (Å²) in [5.74, 6) is -9.65. The maximum atomic E-state index is 14.8. The Morgan fingerprint density at radius 1 is 0.511 bits per heavy atom. The van der Waals surface area contributed by atoms with Crippen molar-refractivity contribution in [2.24, 2.45) is 11.8 Å². The van der Waals surface area contributed by atoms with Gasteiger partial charge in [0.1, 0.15) is 72.6 Å². The summed E-state index contributed by atoms with van der Waals surface area (Å²) in [7, 11) is 5.57. The van der Waals surface area contributed by atoms with Gasteiger partial charge in [-0.25, -0.2) is 0 Å². The van der Waals surface area contributed by atoms with Crippen LogP contribution in [0.5, 0.6) is 0 Å². The molecular weight excluding hydrogens is 1240 g/mol. The van der Waals surface area contributed by atoms with Crippen molar-refractivity contribution >= 4 is 96.1 Å². The van der Waals surface area contributed by atoms with Crippen LogP contribution in [0.15, 0.2) is 91.0 Å². The molecule has 94 heavy (non-hydrogen) atoms. The minimum absolute atomic E-state index is 0.00297. The summed E-state index contributed by atoms with van der Waals surface area (Å²) in [6.07, 6.45) is -1.21. The zero-order valence-electron chi connectivity index (χ0n) is 56.1. The van der Waals surface area contributed by atoms with E-state index in [1.807, 2.05) is 27.7 Å². The van der Waals surface area contributed by atoms with Crippen LogP contribution in [0.1, 0.15) is 104 Å². The van der Waals surface area contributed by atoms with Crippen LogP contribution in [0, 0.1) is 11.8 Å². The molecule has 25 nitrogen and oxygen atoms in total. The number of benzene rings is 3. The van der Waals surface area contributed by atoms with E-state index in [9.17, 15) is 62.6 Å². The quantitative estimate of drug-likeness (QED) is 0.0897. The Labute approximate surface area is 563 Å². The topological polar surface area (TPSA) is 334 Å². The first kappa shape index (κ1) is 78.4. The second kappa shape index (κ2) is 38.4. The molecule has 12 amide bonds. The Kier molecular flexibility index (Phi) is 32.0. The first-order valence-corrected chi connectivity index (χ1v) is 33.2. The number of nitrogens with one attached hydrogen (secondary N) is 8. The van der Waals surface area contributed by atoms with Gasteiger partial charge < -0.3 is 67.2 Å². The monoisotopic (exact) mass is 1340 g/mol.